The molecule has 1 atom stereocenters. The summed E-state index contributed by atoms with van der Waals surface area (Å²) in [7, 11) is -3.18. The standard InChI is InChI=1S/C14H17N3O3S/c1-21(19,20)17-12-7-9-2-3-10(6-11(9)8-12)13-4-5-14(18)16-15-13/h2-3,6,12,17H,4-5,7-8H2,1H3,(H,16,18). The van der Waals surface area contributed by atoms with Gasteiger partial charge in [-0.1, -0.05) is 12.1 Å². The Bertz CT molecular complexity index is 725. The third-order valence-electron chi connectivity index (χ3n) is 3.76. The summed E-state index contributed by atoms with van der Waals surface area (Å²) in [4.78, 5) is 11.1. The highest BCUT2D eigenvalue weighted by Crippen LogP contribution is 2.25. The molecule has 0 bridgehead atoms. The van der Waals surface area contributed by atoms with Gasteiger partial charge in [0.1, 0.15) is 0 Å². The molecule has 1 heterocycles. The minimum absolute atomic E-state index is 0.0580. The van der Waals surface area contributed by atoms with Crippen LogP contribution in [0.15, 0.2) is 23.3 Å². The Kier molecular flexibility index (Phi) is 3.54. The monoisotopic (exact) mass is 307 g/mol. The number of benzene rings is 1. The SMILES string of the molecule is CS(=O)(=O)NC1Cc2ccc(C3=NNC(=O)CC3)cc2C1. The highest BCUT2D eigenvalue weighted by atomic mass is 32.2. The molecule has 1 unspecified atom stereocenters. The zero-order valence-corrected chi connectivity index (χ0v) is 12.5. The Hall–Kier alpha value is -1.73. The van der Waals surface area contributed by atoms with Gasteiger partial charge in [-0.2, -0.15) is 5.10 Å². The van der Waals surface area contributed by atoms with Crippen LogP contribution in [0, 0.1) is 0 Å². The molecule has 0 spiro atoms. The Morgan fingerprint density at radius 2 is 2.00 bits per heavy atom. The van der Waals surface area contributed by atoms with Gasteiger partial charge in [0.05, 0.1) is 12.0 Å². The van der Waals surface area contributed by atoms with Crippen molar-refractivity contribution in [2.24, 2.45) is 5.10 Å². The van der Waals surface area contributed by atoms with Gasteiger partial charge in [0, 0.05) is 18.9 Å². The third-order valence-corrected chi connectivity index (χ3v) is 4.52. The highest BCUT2D eigenvalue weighted by molar-refractivity contribution is 7.88. The first-order chi connectivity index (χ1) is 9.90. The predicted molar refractivity (Wildman–Crippen MR) is 79.5 cm³/mol. The van der Waals surface area contributed by atoms with Crippen LogP contribution < -0.4 is 10.1 Å². The van der Waals surface area contributed by atoms with E-state index in [4.69, 9.17) is 0 Å². The van der Waals surface area contributed by atoms with E-state index in [-0.39, 0.29) is 11.9 Å². The summed E-state index contributed by atoms with van der Waals surface area (Å²) in [6.45, 7) is 0. The summed E-state index contributed by atoms with van der Waals surface area (Å²) in [6, 6.07) is 5.99. The lowest BCUT2D eigenvalue weighted by Crippen LogP contribution is -2.34. The largest absolute Gasteiger partial charge is 0.273 e. The quantitative estimate of drug-likeness (QED) is 0.843. The number of nitrogens with one attached hydrogen (secondary N) is 2. The van der Waals surface area contributed by atoms with Crippen LogP contribution >= 0.6 is 0 Å². The van der Waals surface area contributed by atoms with Crippen LogP contribution in [0.5, 0.6) is 0 Å². The summed E-state index contributed by atoms with van der Waals surface area (Å²) in [5.41, 5.74) is 6.68. The average molecular weight is 307 g/mol. The van der Waals surface area contributed by atoms with Crippen LogP contribution in [0.3, 0.4) is 0 Å². The lowest BCUT2D eigenvalue weighted by Gasteiger charge is -2.13. The summed E-state index contributed by atoms with van der Waals surface area (Å²) < 4.78 is 25.3. The number of sulfonamides is 1. The van der Waals surface area contributed by atoms with E-state index in [9.17, 15) is 13.2 Å². The van der Waals surface area contributed by atoms with Crippen molar-refractivity contribution in [3.8, 4) is 0 Å². The minimum Gasteiger partial charge on any atom is -0.273 e. The van der Waals surface area contributed by atoms with Crippen molar-refractivity contribution < 1.29 is 13.2 Å². The van der Waals surface area contributed by atoms with Crippen molar-refractivity contribution in [1.82, 2.24) is 10.1 Å². The first-order valence-electron chi connectivity index (χ1n) is 6.85. The van der Waals surface area contributed by atoms with Crippen molar-refractivity contribution in [1.29, 1.82) is 0 Å². The Morgan fingerprint density at radius 3 is 2.67 bits per heavy atom. The molecular weight excluding hydrogens is 290 g/mol. The van der Waals surface area contributed by atoms with Gasteiger partial charge in [0.2, 0.25) is 15.9 Å². The normalized spacial score (nSPS) is 21.7. The zero-order chi connectivity index (χ0) is 15.0. The second kappa shape index (κ2) is 5.23. The van der Waals surface area contributed by atoms with E-state index in [1.54, 1.807) is 0 Å². The van der Waals surface area contributed by atoms with E-state index < -0.39 is 10.0 Å². The first-order valence-corrected chi connectivity index (χ1v) is 8.75. The molecule has 0 saturated carbocycles. The minimum atomic E-state index is -3.18. The first kappa shape index (κ1) is 14.2. The van der Waals surface area contributed by atoms with E-state index >= 15 is 0 Å². The maximum Gasteiger partial charge on any atom is 0.240 e. The number of fused-ring (bicyclic) bond motifs is 1. The zero-order valence-electron chi connectivity index (χ0n) is 11.7. The fourth-order valence-electron chi connectivity index (χ4n) is 2.87. The molecule has 0 fully saturated rings. The molecule has 1 amide bonds. The van der Waals surface area contributed by atoms with Crippen LogP contribution in [0.2, 0.25) is 0 Å². The van der Waals surface area contributed by atoms with E-state index in [1.807, 2.05) is 12.1 Å². The van der Waals surface area contributed by atoms with Gasteiger partial charge in [-0.3, -0.25) is 4.79 Å². The second-order valence-corrected chi connectivity index (χ2v) is 7.35. The maximum absolute atomic E-state index is 11.3. The van der Waals surface area contributed by atoms with Gasteiger partial charge < -0.3 is 0 Å². The molecule has 7 heteroatoms. The number of hydrazone groups is 1. The van der Waals surface area contributed by atoms with Crippen molar-refractivity contribution in [3.05, 3.63) is 34.9 Å². The number of hydrogen-bond acceptors (Lipinski definition) is 4. The molecule has 1 aromatic carbocycles. The second-order valence-electron chi connectivity index (χ2n) is 5.57. The Labute approximate surface area is 123 Å². The topological polar surface area (TPSA) is 87.6 Å². The Balaban J connectivity index is 1.79. The van der Waals surface area contributed by atoms with Crippen LogP contribution in [0.1, 0.15) is 29.5 Å². The Morgan fingerprint density at radius 1 is 1.24 bits per heavy atom. The average Bonchev–Trinajstić information content (AvgIpc) is 2.78. The number of carbonyl (C=O) groups is 1. The number of rotatable bonds is 3. The van der Waals surface area contributed by atoms with Crippen LogP contribution in [0.25, 0.3) is 0 Å². The van der Waals surface area contributed by atoms with Crippen molar-refractivity contribution in [2.45, 2.75) is 31.7 Å². The van der Waals surface area contributed by atoms with Crippen molar-refractivity contribution >= 4 is 21.6 Å². The molecule has 2 N–H and O–H groups in total. The third kappa shape index (κ3) is 3.30. The summed E-state index contributed by atoms with van der Waals surface area (Å²) >= 11 is 0. The van der Waals surface area contributed by atoms with Gasteiger partial charge >= 0.3 is 0 Å². The van der Waals surface area contributed by atoms with Gasteiger partial charge in [-0.05, 0) is 35.6 Å². The van der Waals surface area contributed by atoms with Gasteiger partial charge in [-0.25, -0.2) is 18.6 Å². The molecule has 0 radical (unpaired) electrons. The van der Waals surface area contributed by atoms with E-state index in [1.165, 1.54) is 11.8 Å². The van der Waals surface area contributed by atoms with Gasteiger partial charge in [-0.15, -0.1) is 0 Å². The summed E-state index contributed by atoms with van der Waals surface area (Å²) in [5.74, 6) is -0.0580. The summed E-state index contributed by atoms with van der Waals surface area (Å²) in [5, 5.41) is 4.09. The van der Waals surface area contributed by atoms with Gasteiger partial charge in [0.15, 0.2) is 0 Å². The molecule has 0 saturated heterocycles. The molecule has 6 nitrogen and oxygen atoms in total. The fraction of sp³-hybridized carbons (Fsp3) is 0.429. The molecule has 1 aliphatic heterocycles. The maximum atomic E-state index is 11.3. The predicted octanol–water partition coefficient (Wildman–Crippen LogP) is 0.317. The molecule has 1 aliphatic carbocycles. The molecule has 21 heavy (non-hydrogen) atoms. The summed E-state index contributed by atoms with van der Waals surface area (Å²) in [6.07, 6.45) is 3.67. The van der Waals surface area contributed by atoms with Crippen LogP contribution in [-0.2, 0) is 27.7 Å². The number of hydrogen-bond donors (Lipinski definition) is 2. The van der Waals surface area contributed by atoms with Crippen molar-refractivity contribution in [2.75, 3.05) is 6.26 Å². The molecule has 1 aromatic rings. The lowest BCUT2D eigenvalue weighted by atomic mass is 10.00. The fourth-order valence-corrected chi connectivity index (χ4v) is 3.64. The van der Waals surface area contributed by atoms with E-state index in [0.717, 1.165) is 16.8 Å². The number of nitrogens with zero attached hydrogens (tertiary/aromatic N) is 1. The molecule has 0 aromatic heterocycles. The van der Waals surface area contributed by atoms with Gasteiger partial charge in [0.25, 0.3) is 0 Å². The molecule has 3 rings (SSSR count). The molecular formula is C14H17N3O3S. The van der Waals surface area contributed by atoms with Crippen LogP contribution in [-0.4, -0.2) is 32.3 Å². The van der Waals surface area contributed by atoms with E-state index in [2.05, 4.69) is 21.3 Å². The highest BCUT2D eigenvalue weighted by Gasteiger charge is 2.25. The smallest absolute Gasteiger partial charge is 0.240 e. The van der Waals surface area contributed by atoms with Crippen LogP contribution in [0.4, 0.5) is 0 Å². The number of carbonyl (C=O) groups excluding carboxylic acids is 1. The number of amides is 1. The van der Waals surface area contributed by atoms with E-state index in [0.29, 0.717) is 25.7 Å². The molecule has 2 aliphatic rings. The molecule has 112 valence electrons. The lowest BCUT2D eigenvalue weighted by molar-refractivity contribution is -0.121. The van der Waals surface area contributed by atoms with Crippen molar-refractivity contribution in [3.63, 3.8) is 0 Å².